The molecule has 1 fully saturated rings. The van der Waals surface area contributed by atoms with Crippen LogP contribution in [0.2, 0.25) is 0 Å². The molecule has 1 amide bonds. The van der Waals surface area contributed by atoms with Gasteiger partial charge in [0.1, 0.15) is 0 Å². The Morgan fingerprint density at radius 1 is 1.39 bits per heavy atom. The van der Waals surface area contributed by atoms with Gasteiger partial charge >= 0.3 is 0 Å². The molecule has 1 N–H and O–H groups in total. The van der Waals surface area contributed by atoms with Gasteiger partial charge in [-0.05, 0) is 37.5 Å². The smallest absolute Gasteiger partial charge is 0.227 e. The van der Waals surface area contributed by atoms with Crippen LogP contribution in [0, 0.1) is 13.8 Å². The molecular formula is C15H22N2O. The van der Waals surface area contributed by atoms with E-state index in [-0.39, 0.29) is 5.91 Å². The number of nitrogens with one attached hydrogen (secondary N) is 1. The SMILES string of the molecule is Cc1ccc(CC(=O)N2CCN[C@H](C)C2)cc1C. The van der Waals surface area contributed by atoms with Crippen molar-refractivity contribution in [2.24, 2.45) is 0 Å². The fourth-order valence-electron chi connectivity index (χ4n) is 2.36. The molecule has 1 aliphatic heterocycles. The zero-order valence-electron chi connectivity index (χ0n) is 11.5. The van der Waals surface area contributed by atoms with E-state index < -0.39 is 0 Å². The average Bonchev–Trinajstić information content (AvgIpc) is 2.34. The minimum atomic E-state index is 0.242. The quantitative estimate of drug-likeness (QED) is 0.861. The molecule has 1 saturated heterocycles. The second kappa shape index (κ2) is 5.53. The van der Waals surface area contributed by atoms with Crippen molar-refractivity contribution in [2.75, 3.05) is 19.6 Å². The number of hydrogen-bond donors (Lipinski definition) is 1. The third kappa shape index (κ3) is 3.10. The van der Waals surface area contributed by atoms with Gasteiger partial charge in [0.15, 0.2) is 0 Å². The van der Waals surface area contributed by atoms with Crippen LogP contribution in [-0.4, -0.2) is 36.5 Å². The molecule has 1 aliphatic rings. The van der Waals surface area contributed by atoms with E-state index in [4.69, 9.17) is 0 Å². The first kappa shape index (κ1) is 13.1. The molecule has 3 nitrogen and oxygen atoms in total. The Balaban J connectivity index is 2.00. The van der Waals surface area contributed by atoms with Gasteiger partial charge in [0.2, 0.25) is 5.91 Å². The summed E-state index contributed by atoms with van der Waals surface area (Å²) in [7, 11) is 0. The van der Waals surface area contributed by atoms with Crippen LogP contribution < -0.4 is 5.32 Å². The first-order valence-corrected chi connectivity index (χ1v) is 6.63. The van der Waals surface area contributed by atoms with Crippen molar-refractivity contribution in [3.63, 3.8) is 0 Å². The molecule has 2 rings (SSSR count). The van der Waals surface area contributed by atoms with E-state index in [1.807, 2.05) is 4.90 Å². The number of carbonyl (C=O) groups is 1. The molecule has 0 unspecified atom stereocenters. The Morgan fingerprint density at radius 2 is 2.17 bits per heavy atom. The monoisotopic (exact) mass is 246 g/mol. The van der Waals surface area contributed by atoms with Gasteiger partial charge in [-0.25, -0.2) is 0 Å². The lowest BCUT2D eigenvalue weighted by Crippen LogP contribution is -2.51. The molecule has 0 radical (unpaired) electrons. The molecule has 1 aromatic rings. The summed E-state index contributed by atoms with van der Waals surface area (Å²) < 4.78 is 0. The third-order valence-electron chi connectivity index (χ3n) is 3.65. The van der Waals surface area contributed by atoms with Crippen LogP contribution in [0.5, 0.6) is 0 Å². The summed E-state index contributed by atoms with van der Waals surface area (Å²) in [6, 6.07) is 6.69. The lowest BCUT2D eigenvalue weighted by atomic mass is 10.0. The summed E-state index contributed by atoms with van der Waals surface area (Å²) in [5, 5.41) is 3.35. The van der Waals surface area contributed by atoms with Gasteiger partial charge in [0.05, 0.1) is 6.42 Å². The van der Waals surface area contributed by atoms with E-state index in [2.05, 4.69) is 44.3 Å². The number of benzene rings is 1. The summed E-state index contributed by atoms with van der Waals surface area (Å²) >= 11 is 0. The zero-order chi connectivity index (χ0) is 13.1. The second-order valence-electron chi connectivity index (χ2n) is 5.29. The molecule has 0 saturated carbocycles. The van der Waals surface area contributed by atoms with E-state index >= 15 is 0 Å². The summed E-state index contributed by atoms with van der Waals surface area (Å²) in [4.78, 5) is 14.2. The number of amides is 1. The third-order valence-corrected chi connectivity index (χ3v) is 3.65. The van der Waals surface area contributed by atoms with Crippen LogP contribution in [0.15, 0.2) is 18.2 Å². The number of piperazine rings is 1. The van der Waals surface area contributed by atoms with Gasteiger partial charge in [-0.1, -0.05) is 18.2 Å². The Morgan fingerprint density at radius 3 is 2.83 bits per heavy atom. The highest BCUT2D eigenvalue weighted by Crippen LogP contribution is 2.12. The van der Waals surface area contributed by atoms with E-state index in [1.165, 1.54) is 11.1 Å². The standard InChI is InChI=1S/C15H22N2O/c1-11-4-5-14(8-12(11)2)9-15(18)17-7-6-16-13(3)10-17/h4-5,8,13,16H,6-7,9-10H2,1-3H3/t13-/m1/s1. The minimum Gasteiger partial charge on any atom is -0.340 e. The molecule has 0 bridgehead atoms. The number of carbonyl (C=O) groups excluding carboxylic acids is 1. The second-order valence-corrected chi connectivity index (χ2v) is 5.29. The first-order chi connectivity index (χ1) is 8.56. The summed E-state index contributed by atoms with van der Waals surface area (Å²) in [6.45, 7) is 8.86. The highest BCUT2D eigenvalue weighted by molar-refractivity contribution is 5.79. The maximum absolute atomic E-state index is 12.2. The fraction of sp³-hybridized carbons (Fsp3) is 0.533. The largest absolute Gasteiger partial charge is 0.340 e. The number of hydrogen-bond acceptors (Lipinski definition) is 2. The van der Waals surface area contributed by atoms with Crippen LogP contribution >= 0.6 is 0 Å². The van der Waals surface area contributed by atoms with Crippen LogP contribution in [0.4, 0.5) is 0 Å². The van der Waals surface area contributed by atoms with Crippen molar-refractivity contribution in [3.05, 3.63) is 34.9 Å². The van der Waals surface area contributed by atoms with Gasteiger partial charge in [0, 0.05) is 25.7 Å². The van der Waals surface area contributed by atoms with Gasteiger partial charge in [-0.3, -0.25) is 4.79 Å². The van der Waals surface area contributed by atoms with Crippen molar-refractivity contribution in [1.82, 2.24) is 10.2 Å². The molecule has 18 heavy (non-hydrogen) atoms. The van der Waals surface area contributed by atoms with Crippen molar-refractivity contribution in [3.8, 4) is 0 Å². The molecule has 1 aromatic carbocycles. The molecule has 1 atom stereocenters. The van der Waals surface area contributed by atoms with Crippen LogP contribution in [0.3, 0.4) is 0 Å². The van der Waals surface area contributed by atoms with Gasteiger partial charge in [0.25, 0.3) is 0 Å². The molecule has 0 aliphatic carbocycles. The molecule has 1 heterocycles. The number of nitrogens with zero attached hydrogens (tertiary/aromatic N) is 1. The highest BCUT2D eigenvalue weighted by atomic mass is 16.2. The number of rotatable bonds is 2. The highest BCUT2D eigenvalue weighted by Gasteiger charge is 2.20. The molecule has 3 heteroatoms. The molecule has 0 spiro atoms. The average molecular weight is 246 g/mol. The first-order valence-electron chi connectivity index (χ1n) is 6.63. The van der Waals surface area contributed by atoms with Crippen molar-refractivity contribution < 1.29 is 4.79 Å². The van der Waals surface area contributed by atoms with Crippen LogP contribution in [-0.2, 0) is 11.2 Å². The van der Waals surface area contributed by atoms with Crippen molar-refractivity contribution in [1.29, 1.82) is 0 Å². The normalized spacial score (nSPS) is 19.9. The maximum Gasteiger partial charge on any atom is 0.227 e. The Kier molecular flexibility index (Phi) is 4.02. The van der Waals surface area contributed by atoms with Crippen molar-refractivity contribution in [2.45, 2.75) is 33.2 Å². The minimum absolute atomic E-state index is 0.242. The van der Waals surface area contributed by atoms with E-state index in [0.29, 0.717) is 12.5 Å². The van der Waals surface area contributed by atoms with E-state index in [9.17, 15) is 4.79 Å². The van der Waals surface area contributed by atoms with Gasteiger partial charge < -0.3 is 10.2 Å². The maximum atomic E-state index is 12.2. The van der Waals surface area contributed by atoms with Gasteiger partial charge in [-0.2, -0.15) is 0 Å². The summed E-state index contributed by atoms with van der Waals surface area (Å²) in [5.41, 5.74) is 3.66. The Hall–Kier alpha value is -1.35. The van der Waals surface area contributed by atoms with E-state index in [0.717, 1.165) is 25.2 Å². The summed E-state index contributed by atoms with van der Waals surface area (Å²) in [6.07, 6.45) is 0.522. The lowest BCUT2D eigenvalue weighted by molar-refractivity contribution is -0.131. The molecule has 0 aromatic heterocycles. The predicted octanol–water partition coefficient (Wildman–Crippen LogP) is 1.67. The fourth-order valence-corrected chi connectivity index (χ4v) is 2.36. The Labute approximate surface area is 109 Å². The molecule has 98 valence electrons. The predicted molar refractivity (Wildman–Crippen MR) is 73.7 cm³/mol. The topological polar surface area (TPSA) is 32.3 Å². The number of aryl methyl sites for hydroxylation is 2. The van der Waals surface area contributed by atoms with Crippen LogP contribution in [0.25, 0.3) is 0 Å². The Bertz CT molecular complexity index is 442. The van der Waals surface area contributed by atoms with Crippen molar-refractivity contribution >= 4 is 5.91 Å². The van der Waals surface area contributed by atoms with Crippen LogP contribution in [0.1, 0.15) is 23.6 Å². The lowest BCUT2D eigenvalue weighted by Gasteiger charge is -2.32. The van der Waals surface area contributed by atoms with E-state index in [1.54, 1.807) is 0 Å². The zero-order valence-corrected chi connectivity index (χ0v) is 11.5. The summed E-state index contributed by atoms with van der Waals surface area (Å²) in [5.74, 6) is 0.242. The van der Waals surface area contributed by atoms with Gasteiger partial charge in [-0.15, -0.1) is 0 Å². The molecular weight excluding hydrogens is 224 g/mol.